The molecule has 0 saturated heterocycles. The van der Waals surface area contributed by atoms with Crippen LogP contribution in [0, 0.1) is 5.41 Å². The minimum Gasteiger partial charge on any atom is -0.462 e. The van der Waals surface area contributed by atoms with E-state index in [1.807, 2.05) is 0 Å². The first-order valence-corrected chi connectivity index (χ1v) is 17.8. The van der Waals surface area contributed by atoms with Gasteiger partial charge in [0.2, 0.25) is 0 Å². The average molecular weight is 607 g/mol. The number of unbranched alkanes of at least 4 members (excludes halogenated alkanes) is 4. The van der Waals surface area contributed by atoms with Gasteiger partial charge in [0.15, 0.2) is 0 Å². The Kier molecular flexibility index (Phi) is 16.7. The summed E-state index contributed by atoms with van der Waals surface area (Å²) < 4.78 is 18.3. The standard InChI is InChI=1S/C28H49INO5/c1-29-22-12-21-28(32)35-24(13-4-2-6-19-26(30)33-23-15-8-9-16-23)14-5-3-7-20-27(31)34-25-17-10-11-18-25/h23-25,30H,2-22H2,1H3/q-1. The summed E-state index contributed by atoms with van der Waals surface area (Å²) in [4.78, 5) is 26.5. The minimum absolute atomic E-state index is 0.0292. The quantitative estimate of drug-likeness (QED) is 0.0606. The number of rotatable bonds is 19. The Morgan fingerprint density at radius 1 is 0.743 bits per heavy atom. The van der Waals surface area contributed by atoms with Gasteiger partial charge >= 0.3 is 141 Å². The molecule has 7 heteroatoms. The van der Waals surface area contributed by atoms with Crippen LogP contribution in [0.2, 0.25) is 0 Å². The average Bonchev–Trinajstić information content (AvgIpc) is 3.53. The monoisotopic (exact) mass is 606 g/mol. The number of esters is 2. The molecule has 2 fully saturated rings. The second-order valence-electron chi connectivity index (χ2n) is 10.2. The van der Waals surface area contributed by atoms with E-state index in [9.17, 15) is 9.59 Å². The van der Waals surface area contributed by atoms with E-state index in [-0.39, 0.29) is 51.5 Å². The number of halogens is 1. The summed E-state index contributed by atoms with van der Waals surface area (Å²) in [5.74, 6) is 0.325. The van der Waals surface area contributed by atoms with Crippen molar-refractivity contribution in [2.45, 2.75) is 147 Å². The van der Waals surface area contributed by atoms with Gasteiger partial charge < -0.3 is 9.47 Å². The molecule has 6 nitrogen and oxygen atoms in total. The van der Waals surface area contributed by atoms with Crippen LogP contribution in [0.4, 0.5) is 0 Å². The molecular weight excluding hydrogens is 557 g/mol. The molecule has 2 aliphatic carbocycles. The summed E-state index contributed by atoms with van der Waals surface area (Å²) in [5.41, 5.74) is 0. The van der Waals surface area contributed by atoms with E-state index < -0.39 is 0 Å². The molecule has 1 unspecified atom stereocenters. The van der Waals surface area contributed by atoms with E-state index >= 15 is 0 Å². The number of hydrogen-bond donors (Lipinski definition) is 1. The van der Waals surface area contributed by atoms with Gasteiger partial charge in [0, 0.05) is 0 Å². The Bertz CT molecular complexity index is 562. The third kappa shape index (κ3) is 15.1. The second-order valence-corrected chi connectivity index (χ2v) is 12.8. The van der Waals surface area contributed by atoms with Crippen LogP contribution in [-0.4, -0.2) is 45.5 Å². The molecule has 0 aromatic heterocycles. The van der Waals surface area contributed by atoms with Crippen molar-refractivity contribution in [1.29, 1.82) is 5.41 Å². The maximum absolute atomic E-state index is 12.3. The number of alkyl halides is 2. The summed E-state index contributed by atoms with van der Waals surface area (Å²) >= 11 is 0.231. The van der Waals surface area contributed by atoms with Gasteiger partial charge in [0.05, 0.1) is 0 Å². The molecule has 0 spiro atoms. The topological polar surface area (TPSA) is 85.7 Å². The SMILES string of the molecule is C[I-]CCCC(=O)OC(CCCCCC(=N)OC1CCCC1)CCCCCC(=O)OC1CCCC1. The summed E-state index contributed by atoms with van der Waals surface area (Å²) in [6.07, 6.45) is 19.6. The fraction of sp³-hybridized carbons (Fsp3) is 0.893. The van der Waals surface area contributed by atoms with Gasteiger partial charge in [-0.2, -0.15) is 0 Å². The van der Waals surface area contributed by atoms with E-state index in [0.717, 1.165) is 83.5 Å². The van der Waals surface area contributed by atoms with Crippen molar-refractivity contribution in [3.05, 3.63) is 0 Å². The van der Waals surface area contributed by atoms with Crippen LogP contribution in [0.3, 0.4) is 0 Å². The summed E-state index contributed by atoms with van der Waals surface area (Å²) in [6.45, 7) is 0. The molecule has 0 aromatic rings. The number of nitrogens with one attached hydrogen (secondary N) is 1. The normalized spacial score (nSPS) is 17.5. The molecule has 0 aliphatic heterocycles. The Morgan fingerprint density at radius 2 is 1.29 bits per heavy atom. The first kappa shape index (κ1) is 30.4. The van der Waals surface area contributed by atoms with Gasteiger partial charge in [-0.05, 0) is 51.4 Å². The Labute approximate surface area is 223 Å². The predicted octanol–water partition coefficient (Wildman–Crippen LogP) is 3.72. The zero-order valence-electron chi connectivity index (χ0n) is 22.0. The smallest absolute Gasteiger partial charge is 0.462 e. The summed E-state index contributed by atoms with van der Waals surface area (Å²) in [6, 6.07) is 0. The van der Waals surface area contributed by atoms with Crippen LogP contribution in [0.5, 0.6) is 0 Å². The van der Waals surface area contributed by atoms with E-state index in [0.29, 0.717) is 25.2 Å². The van der Waals surface area contributed by atoms with E-state index in [4.69, 9.17) is 19.6 Å². The van der Waals surface area contributed by atoms with E-state index in [2.05, 4.69) is 4.93 Å². The van der Waals surface area contributed by atoms with Crippen molar-refractivity contribution in [1.82, 2.24) is 0 Å². The molecule has 35 heavy (non-hydrogen) atoms. The molecule has 0 amide bonds. The zero-order valence-corrected chi connectivity index (χ0v) is 24.2. The fourth-order valence-electron chi connectivity index (χ4n) is 5.02. The summed E-state index contributed by atoms with van der Waals surface area (Å²) in [5, 5.41) is 8.05. The third-order valence-electron chi connectivity index (χ3n) is 7.05. The van der Waals surface area contributed by atoms with Gasteiger partial charge in [-0.1, -0.05) is 0 Å². The first-order valence-electron chi connectivity index (χ1n) is 14.1. The molecule has 0 heterocycles. The molecule has 2 rings (SSSR count). The van der Waals surface area contributed by atoms with E-state index in [1.165, 1.54) is 30.1 Å². The van der Waals surface area contributed by atoms with Crippen molar-refractivity contribution in [2.75, 3.05) is 9.36 Å². The number of carbonyl (C=O) groups is 2. The molecule has 0 aromatic carbocycles. The zero-order chi connectivity index (χ0) is 25.1. The molecule has 204 valence electrons. The molecule has 1 N–H and O–H groups in total. The van der Waals surface area contributed by atoms with Crippen molar-refractivity contribution in [3.8, 4) is 0 Å². The van der Waals surface area contributed by atoms with Crippen LogP contribution in [0.15, 0.2) is 0 Å². The Balaban J connectivity index is 1.59. The molecule has 0 bridgehead atoms. The predicted molar refractivity (Wildman–Crippen MR) is 135 cm³/mol. The Morgan fingerprint density at radius 3 is 1.89 bits per heavy atom. The van der Waals surface area contributed by atoms with Gasteiger partial charge in [0.25, 0.3) is 0 Å². The van der Waals surface area contributed by atoms with Crippen molar-refractivity contribution in [2.24, 2.45) is 0 Å². The number of carbonyl (C=O) groups excluding carboxylic acids is 2. The molecule has 2 aliphatic rings. The van der Waals surface area contributed by atoms with Crippen LogP contribution in [-0.2, 0) is 23.8 Å². The van der Waals surface area contributed by atoms with Crippen LogP contribution in [0.25, 0.3) is 0 Å². The van der Waals surface area contributed by atoms with Crippen LogP contribution in [0.1, 0.15) is 128 Å². The van der Waals surface area contributed by atoms with Gasteiger partial charge in [-0.3, -0.25) is 10.2 Å². The second kappa shape index (κ2) is 19.3. The van der Waals surface area contributed by atoms with Crippen molar-refractivity contribution < 1.29 is 45.0 Å². The van der Waals surface area contributed by atoms with Gasteiger partial charge in [-0.25, -0.2) is 0 Å². The molecule has 1 atom stereocenters. The molecule has 0 radical (unpaired) electrons. The van der Waals surface area contributed by atoms with Crippen LogP contribution < -0.4 is 21.2 Å². The van der Waals surface area contributed by atoms with Crippen LogP contribution >= 0.6 is 0 Å². The van der Waals surface area contributed by atoms with E-state index in [1.54, 1.807) is 0 Å². The summed E-state index contributed by atoms with van der Waals surface area (Å²) in [7, 11) is 0. The molecule has 2 saturated carbocycles. The number of ether oxygens (including phenoxy) is 3. The Hall–Kier alpha value is -0.860. The number of hydrogen-bond acceptors (Lipinski definition) is 6. The molecular formula is C28H49INO5-. The fourth-order valence-corrected chi connectivity index (χ4v) is 6.17. The van der Waals surface area contributed by atoms with Crippen molar-refractivity contribution in [3.63, 3.8) is 0 Å². The maximum atomic E-state index is 12.3. The van der Waals surface area contributed by atoms with Crippen molar-refractivity contribution >= 4 is 17.8 Å². The third-order valence-corrected chi connectivity index (χ3v) is 8.89. The van der Waals surface area contributed by atoms with Gasteiger partial charge in [-0.15, -0.1) is 0 Å². The van der Waals surface area contributed by atoms with Gasteiger partial charge in [0.1, 0.15) is 12.2 Å². The first-order chi connectivity index (χ1) is 17.1. The minimum atomic E-state index is -0.0562.